The van der Waals surface area contributed by atoms with Gasteiger partial charge >= 0.3 is 0 Å². The summed E-state index contributed by atoms with van der Waals surface area (Å²) in [5.74, 6) is 0.548. The predicted molar refractivity (Wildman–Crippen MR) is 87.4 cm³/mol. The highest BCUT2D eigenvalue weighted by Gasteiger charge is 2.21. The van der Waals surface area contributed by atoms with E-state index in [2.05, 4.69) is 5.32 Å². The number of nitrogens with zero attached hydrogens (tertiary/aromatic N) is 1. The van der Waals surface area contributed by atoms with Crippen LogP contribution in [0.3, 0.4) is 0 Å². The van der Waals surface area contributed by atoms with Crippen molar-refractivity contribution in [1.29, 1.82) is 0 Å². The summed E-state index contributed by atoms with van der Waals surface area (Å²) in [6.07, 6.45) is 1.51. The maximum atomic E-state index is 11.6. The topological polar surface area (TPSA) is 84.7 Å². The van der Waals surface area contributed by atoms with Gasteiger partial charge in [0.05, 0.1) is 0 Å². The van der Waals surface area contributed by atoms with Crippen LogP contribution < -0.4 is 20.7 Å². The van der Waals surface area contributed by atoms with E-state index in [4.69, 9.17) is 10.5 Å². The van der Waals surface area contributed by atoms with Crippen LogP contribution in [0.15, 0.2) is 24.3 Å². The SMILES string of the molecule is C[C@@H](CN)NC(=O)COc1ccc(N2CCCC2=O)cc1.Cl. The number of benzene rings is 1. The zero-order valence-corrected chi connectivity index (χ0v) is 13.4. The number of halogens is 1. The Morgan fingerprint density at radius 2 is 2.09 bits per heavy atom. The summed E-state index contributed by atoms with van der Waals surface area (Å²) < 4.78 is 5.40. The first-order valence-corrected chi connectivity index (χ1v) is 7.13. The maximum absolute atomic E-state index is 11.6. The van der Waals surface area contributed by atoms with E-state index in [0.29, 0.717) is 18.7 Å². The summed E-state index contributed by atoms with van der Waals surface area (Å²) in [7, 11) is 0. The molecule has 2 amide bonds. The van der Waals surface area contributed by atoms with Gasteiger partial charge in [-0.2, -0.15) is 0 Å². The van der Waals surface area contributed by atoms with Crippen LogP contribution in [-0.2, 0) is 9.59 Å². The van der Waals surface area contributed by atoms with Crippen molar-refractivity contribution in [3.05, 3.63) is 24.3 Å². The lowest BCUT2D eigenvalue weighted by Crippen LogP contribution is -2.40. The molecule has 2 rings (SSSR count). The van der Waals surface area contributed by atoms with E-state index < -0.39 is 0 Å². The molecule has 22 heavy (non-hydrogen) atoms. The van der Waals surface area contributed by atoms with Crippen molar-refractivity contribution < 1.29 is 14.3 Å². The van der Waals surface area contributed by atoms with Gasteiger partial charge in [0.15, 0.2) is 6.61 Å². The van der Waals surface area contributed by atoms with Gasteiger partial charge in [0.1, 0.15) is 5.75 Å². The van der Waals surface area contributed by atoms with E-state index in [-0.39, 0.29) is 36.9 Å². The van der Waals surface area contributed by atoms with Gasteiger partial charge in [-0.15, -0.1) is 12.4 Å². The Bertz CT molecular complexity index is 507. The molecule has 1 saturated heterocycles. The molecule has 1 aromatic carbocycles. The van der Waals surface area contributed by atoms with Gasteiger partial charge in [-0.1, -0.05) is 0 Å². The van der Waals surface area contributed by atoms with Crippen LogP contribution in [0.25, 0.3) is 0 Å². The predicted octanol–water partition coefficient (Wildman–Crippen LogP) is 1.08. The summed E-state index contributed by atoms with van der Waals surface area (Å²) in [6.45, 7) is 2.94. The van der Waals surface area contributed by atoms with Gasteiger partial charge in [-0.05, 0) is 37.6 Å². The highest BCUT2D eigenvalue weighted by molar-refractivity contribution is 5.95. The third-order valence-electron chi connectivity index (χ3n) is 3.35. The van der Waals surface area contributed by atoms with E-state index in [1.807, 2.05) is 19.1 Å². The summed E-state index contributed by atoms with van der Waals surface area (Å²) in [6, 6.07) is 7.13. The van der Waals surface area contributed by atoms with Crippen molar-refractivity contribution in [3.63, 3.8) is 0 Å². The molecule has 1 heterocycles. The van der Waals surface area contributed by atoms with Crippen LogP contribution >= 0.6 is 12.4 Å². The van der Waals surface area contributed by atoms with Crippen LogP contribution in [0.5, 0.6) is 5.75 Å². The number of anilines is 1. The van der Waals surface area contributed by atoms with Crippen molar-refractivity contribution in [1.82, 2.24) is 5.32 Å². The van der Waals surface area contributed by atoms with Crippen molar-refractivity contribution in [2.24, 2.45) is 5.73 Å². The Hall–Kier alpha value is -1.79. The first kappa shape index (κ1) is 18.3. The van der Waals surface area contributed by atoms with Gasteiger partial charge in [0.25, 0.3) is 5.91 Å². The molecule has 6 nitrogen and oxygen atoms in total. The number of carbonyl (C=O) groups is 2. The second-order valence-corrected chi connectivity index (χ2v) is 5.14. The van der Waals surface area contributed by atoms with E-state index in [1.165, 1.54) is 0 Å². The van der Waals surface area contributed by atoms with E-state index in [1.54, 1.807) is 17.0 Å². The van der Waals surface area contributed by atoms with Crippen LogP contribution in [0.4, 0.5) is 5.69 Å². The van der Waals surface area contributed by atoms with Crippen molar-refractivity contribution in [2.45, 2.75) is 25.8 Å². The fourth-order valence-electron chi connectivity index (χ4n) is 2.17. The average Bonchev–Trinajstić information content (AvgIpc) is 2.91. The minimum atomic E-state index is -0.202. The number of carbonyl (C=O) groups excluding carboxylic acids is 2. The molecule has 1 aliphatic heterocycles. The largest absolute Gasteiger partial charge is 0.484 e. The highest BCUT2D eigenvalue weighted by atomic mass is 35.5. The Kier molecular flexibility index (Phi) is 7.14. The average molecular weight is 328 g/mol. The summed E-state index contributed by atoms with van der Waals surface area (Å²) in [5.41, 5.74) is 6.29. The lowest BCUT2D eigenvalue weighted by molar-refractivity contribution is -0.123. The van der Waals surface area contributed by atoms with Crippen molar-refractivity contribution in [2.75, 3.05) is 24.6 Å². The zero-order chi connectivity index (χ0) is 15.2. The molecule has 7 heteroatoms. The molecule has 0 saturated carbocycles. The summed E-state index contributed by atoms with van der Waals surface area (Å²) >= 11 is 0. The molecule has 1 aromatic rings. The second kappa shape index (κ2) is 8.60. The molecule has 1 atom stereocenters. The number of amides is 2. The summed E-state index contributed by atoms with van der Waals surface area (Å²) in [5, 5.41) is 2.72. The first-order chi connectivity index (χ1) is 10.1. The second-order valence-electron chi connectivity index (χ2n) is 5.14. The van der Waals surface area contributed by atoms with Crippen LogP contribution in [0, 0.1) is 0 Å². The van der Waals surface area contributed by atoms with Gasteiger partial charge in [-0.25, -0.2) is 0 Å². The van der Waals surface area contributed by atoms with E-state index >= 15 is 0 Å². The number of ether oxygens (including phenoxy) is 1. The molecule has 0 aromatic heterocycles. The number of nitrogens with one attached hydrogen (secondary N) is 1. The molecule has 0 bridgehead atoms. The number of rotatable bonds is 6. The fourth-order valence-corrected chi connectivity index (χ4v) is 2.17. The van der Waals surface area contributed by atoms with Gasteiger partial charge in [-0.3, -0.25) is 9.59 Å². The monoisotopic (exact) mass is 327 g/mol. The molecule has 0 aliphatic carbocycles. The Morgan fingerprint density at radius 1 is 1.41 bits per heavy atom. The van der Waals surface area contributed by atoms with Gasteiger partial charge < -0.3 is 20.7 Å². The molecule has 0 radical (unpaired) electrons. The van der Waals surface area contributed by atoms with Gasteiger partial charge in [0, 0.05) is 31.2 Å². The molecule has 122 valence electrons. The molecular weight excluding hydrogens is 306 g/mol. The van der Waals surface area contributed by atoms with Crippen LogP contribution in [0.1, 0.15) is 19.8 Å². The number of hydrogen-bond acceptors (Lipinski definition) is 4. The van der Waals surface area contributed by atoms with Gasteiger partial charge in [0.2, 0.25) is 5.91 Å². The normalized spacial score (nSPS) is 15.2. The quantitative estimate of drug-likeness (QED) is 0.818. The van der Waals surface area contributed by atoms with Crippen molar-refractivity contribution >= 4 is 29.9 Å². The third kappa shape index (κ3) is 4.89. The van der Waals surface area contributed by atoms with Crippen molar-refractivity contribution in [3.8, 4) is 5.75 Å². The highest BCUT2D eigenvalue weighted by Crippen LogP contribution is 2.23. The molecule has 1 fully saturated rings. The summed E-state index contributed by atoms with van der Waals surface area (Å²) in [4.78, 5) is 25.0. The molecule has 0 unspecified atom stereocenters. The third-order valence-corrected chi connectivity index (χ3v) is 3.35. The van der Waals surface area contributed by atoms with E-state index in [0.717, 1.165) is 18.7 Å². The minimum Gasteiger partial charge on any atom is -0.484 e. The molecular formula is C15H22ClN3O3. The smallest absolute Gasteiger partial charge is 0.258 e. The molecule has 1 aliphatic rings. The Morgan fingerprint density at radius 3 is 2.64 bits per heavy atom. The number of hydrogen-bond donors (Lipinski definition) is 2. The lowest BCUT2D eigenvalue weighted by Gasteiger charge is -2.16. The zero-order valence-electron chi connectivity index (χ0n) is 12.6. The Labute approximate surface area is 136 Å². The van der Waals surface area contributed by atoms with Crippen LogP contribution in [-0.4, -0.2) is 37.6 Å². The van der Waals surface area contributed by atoms with E-state index in [9.17, 15) is 9.59 Å². The fraction of sp³-hybridized carbons (Fsp3) is 0.467. The molecule has 3 N–H and O–H groups in total. The minimum absolute atomic E-state index is 0. The first-order valence-electron chi connectivity index (χ1n) is 7.13. The number of nitrogens with two attached hydrogens (primary N) is 1. The lowest BCUT2D eigenvalue weighted by atomic mass is 10.3. The maximum Gasteiger partial charge on any atom is 0.258 e. The standard InChI is InChI=1S/C15H21N3O3.ClH/c1-11(9-16)17-14(19)10-21-13-6-4-12(5-7-13)18-8-2-3-15(18)20;/h4-7,11H,2-3,8-10,16H2,1H3,(H,17,19);1H/t11-;/m0./s1. The molecule has 0 spiro atoms. The van der Waals surface area contributed by atoms with Crippen LogP contribution in [0.2, 0.25) is 0 Å². The Balaban J connectivity index is 0.00000242.